The van der Waals surface area contributed by atoms with E-state index in [-0.39, 0.29) is 17.2 Å². The molecular weight excluding hydrogens is 296 g/mol. The third-order valence-electron chi connectivity index (χ3n) is 2.24. The molecule has 0 aliphatic heterocycles. The molecule has 0 saturated carbocycles. The average molecular weight is 309 g/mol. The molecule has 1 rings (SSSR count). The van der Waals surface area contributed by atoms with Crippen LogP contribution < -0.4 is 4.72 Å². The summed E-state index contributed by atoms with van der Waals surface area (Å²) < 4.78 is 25.5. The number of anilines is 1. The number of nitrogens with one attached hydrogen (secondary N) is 1. The third kappa shape index (κ3) is 4.92. The molecule has 0 bridgehead atoms. The predicted molar refractivity (Wildman–Crippen MR) is 72.1 cm³/mol. The number of unbranched alkanes of at least 4 members (excludes halogenated alkanes) is 1. The van der Waals surface area contributed by atoms with Crippen LogP contribution in [0.25, 0.3) is 0 Å². The molecule has 0 aliphatic rings. The number of phenolic OH excluding ortho intramolecular Hbond substituents is 1. The standard InChI is InChI=1S/C10H13ClN2O5S/c11-5-1-2-6-19(17,18)12-9-4-3-8(14)7-10(9)13(15)16/h3-4,7,12,14H,1-2,5-6H2. The van der Waals surface area contributed by atoms with E-state index >= 15 is 0 Å². The molecule has 0 amide bonds. The summed E-state index contributed by atoms with van der Waals surface area (Å²) in [4.78, 5) is 9.99. The van der Waals surface area contributed by atoms with Crippen molar-refractivity contribution in [3.05, 3.63) is 28.3 Å². The normalized spacial score (nSPS) is 11.2. The first-order valence-electron chi connectivity index (χ1n) is 5.39. The lowest BCUT2D eigenvalue weighted by Gasteiger charge is -2.08. The largest absolute Gasteiger partial charge is 0.508 e. The fourth-order valence-electron chi connectivity index (χ4n) is 1.36. The van der Waals surface area contributed by atoms with Gasteiger partial charge in [0.2, 0.25) is 10.0 Å². The lowest BCUT2D eigenvalue weighted by Crippen LogP contribution is -2.17. The Morgan fingerprint density at radius 1 is 1.37 bits per heavy atom. The van der Waals surface area contributed by atoms with Gasteiger partial charge in [-0.3, -0.25) is 14.8 Å². The second kappa shape index (κ2) is 6.58. The van der Waals surface area contributed by atoms with Gasteiger partial charge in [-0.1, -0.05) is 0 Å². The molecule has 0 atom stereocenters. The van der Waals surface area contributed by atoms with Crippen LogP contribution in [-0.2, 0) is 10.0 Å². The molecule has 0 aromatic heterocycles. The Morgan fingerprint density at radius 3 is 2.63 bits per heavy atom. The molecule has 1 aromatic rings. The van der Waals surface area contributed by atoms with Crippen molar-refractivity contribution in [2.75, 3.05) is 16.4 Å². The number of phenols is 1. The van der Waals surface area contributed by atoms with Crippen LogP contribution in [0.15, 0.2) is 18.2 Å². The van der Waals surface area contributed by atoms with Crippen LogP contribution in [0.2, 0.25) is 0 Å². The van der Waals surface area contributed by atoms with E-state index in [4.69, 9.17) is 16.7 Å². The molecule has 2 N–H and O–H groups in total. The van der Waals surface area contributed by atoms with Crippen LogP contribution in [0.1, 0.15) is 12.8 Å². The lowest BCUT2D eigenvalue weighted by atomic mass is 10.2. The number of nitro benzene ring substituents is 1. The highest BCUT2D eigenvalue weighted by Gasteiger charge is 2.19. The van der Waals surface area contributed by atoms with Crippen LogP contribution in [0, 0.1) is 10.1 Å². The first-order valence-corrected chi connectivity index (χ1v) is 7.58. The topological polar surface area (TPSA) is 110 Å². The van der Waals surface area contributed by atoms with Gasteiger partial charge in [0.25, 0.3) is 5.69 Å². The Labute approximate surface area is 115 Å². The first kappa shape index (κ1) is 15.5. The monoisotopic (exact) mass is 308 g/mol. The molecule has 19 heavy (non-hydrogen) atoms. The van der Waals surface area contributed by atoms with Crippen LogP contribution in [0.3, 0.4) is 0 Å². The van der Waals surface area contributed by atoms with Crippen LogP contribution in [-0.4, -0.2) is 30.1 Å². The van der Waals surface area contributed by atoms with Gasteiger partial charge in [-0.25, -0.2) is 8.42 Å². The zero-order valence-corrected chi connectivity index (χ0v) is 11.4. The molecule has 106 valence electrons. The molecule has 0 fully saturated rings. The van der Waals surface area contributed by atoms with Crippen LogP contribution >= 0.6 is 11.6 Å². The van der Waals surface area contributed by atoms with E-state index in [2.05, 4.69) is 4.72 Å². The zero-order chi connectivity index (χ0) is 14.5. The van der Waals surface area contributed by atoms with E-state index < -0.39 is 20.6 Å². The number of halogens is 1. The van der Waals surface area contributed by atoms with Gasteiger partial charge in [0.15, 0.2) is 0 Å². The van der Waals surface area contributed by atoms with Crippen molar-refractivity contribution in [2.45, 2.75) is 12.8 Å². The van der Waals surface area contributed by atoms with E-state index in [1.54, 1.807) is 0 Å². The summed E-state index contributed by atoms with van der Waals surface area (Å²) in [6.45, 7) is 0. The van der Waals surface area contributed by atoms with Gasteiger partial charge in [-0.15, -0.1) is 11.6 Å². The Balaban J connectivity index is 2.90. The number of hydrogen-bond donors (Lipinski definition) is 2. The smallest absolute Gasteiger partial charge is 0.296 e. The third-order valence-corrected chi connectivity index (χ3v) is 3.86. The van der Waals surface area contributed by atoms with Crippen LogP contribution in [0.4, 0.5) is 11.4 Å². The van der Waals surface area contributed by atoms with E-state index in [0.29, 0.717) is 18.7 Å². The number of sulfonamides is 1. The number of benzene rings is 1. The number of nitro groups is 1. The summed E-state index contributed by atoms with van der Waals surface area (Å²) in [6, 6.07) is 3.20. The number of rotatable bonds is 7. The van der Waals surface area contributed by atoms with E-state index in [0.717, 1.165) is 12.1 Å². The first-order chi connectivity index (χ1) is 8.85. The fourth-order valence-corrected chi connectivity index (χ4v) is 2.75. The number of nitrogens with zero attached hydrogens (tertiary/aromatic N) is 1. The van der Waals surface area contributed by atoms with Gasteiger partial charge in [-0.2, -0.15) is 0 Å². The predicted octanol–water partition coefficient (Wildman–Crippen LogP) is 2.06. The fraction of sp³-hybridized carbons (Fsp3) is 0.400. The molecule has 7 nitrogen and oxygen atoms in total. The van der Waals surface area contributed by atoms with Gasteiger partial charge in [0.1, 0.15) is 11.4 Å². The van der Waals surface area contributed by atoms with E-state index in [1.807, 2.05) is 0 Å². The van der Waals surface area contributed by atoms with Gasteiger partial charge in [-0.05, 0) is 25.0 Å². The maximum Gasteiger partial charge on any atom is 0.296 e. The SMILES string of the molecule is O=[N+]([O-])c1cc(O)ccc1NS(=O)(=O)CCCCCl. The van der Waals surface area contributed by atoms with Crippen molar-refractivity contribution < 1.29 is 18.4 Å². The Morgan fingerprint density at radius 2 is 2.05 bits per heavy atom. The Bertz CT molecular complexity index is 561. The number of hydrogen-bond acceptors (Lipinski definition) is 5. The van der Waals surface area contributed by atoms with Crippen molar-refractivity contribution in [1.29, 1.82) is 0 Å². The lowest BCUT2D eigenvalue weighted by molar-refractivity contribution is -0.384. The molecule has 0 spiro atoms. The average Bonchev–Trinajstić information content (AvgIpc) is 2.31. The van der Waals surface area contributed by atoms with Crippen LogP contribution in [0.5, 0.6) is 5.75 Å². The summed E-state index contributed by atoms with van der Waals surface area (Å²) in [6.07, 6.45) is 0.908. The zero-order valence-electron chi connectivity index (χ0n) is 9.87. The van der Waals surface area contributed by atoms with E-state index in [1.165, 1.54) is 6.07 Å². The summed E-state index contributed by atoms with van der Waals surface area (Å²) in [7, 11) is -3.67. The quantitative estimate of drug-likeness (QED) is 0.263. The minimum atomic E-state index is -3.67. The molecule has 1 aromatic carbocycles. The number of aromatic hydroxyl groups is 1. The minimum absolute atomic E-state index is 0.169. The molecule has 0 unspecified atom stereocenters. The van der Waals surface area contributed by atoms with E-state index in [9.17, 15) is 18.5 Å². The van der Waals surface area contributed by atoms with Crippen molar-refractivity contribution >= 4 is 33.0 Å². The summed E-state index contributed by atoms with van der Waals surface area (Å²) in [5, 5.41) is 19.9. The molecule has 0 heterocycles. The maximum atomic E-state index is 11.7. The molecule has 0 radical (unpaired) electrons. The molecule has 0 saturated heterocycles. The van der Waals surface area contributed by atoms with Gasteiger partial charge >= 0.3 is 0 Å². The van der Waals surface area contributed by atoms with Crippen molar-refractivity contribution in [1.82, 2.24) is 0 Å². The molecular formula is C10H13ClN2O5S. The highest BCUT2D eigenvalue weighted by atomic mass is 35.5. The van der Waals surface area contributed by atoms with Gasteiger partial charge in [0.05, 0.1) is 16.7 Å². The van der Waals surface area contributed by atoms with Crippen molar-refractivity contribution in [3.63, 3.8) is 0 Å². The number of alkyl halides is 1. The minimum Gasteiger partial charge on any atom is -0.508 e. The summed E-state index contributed by atoms with van der Waals surface area (Å²) in [5.74, 6) is -0.121. The molecule has 9 heteroatoms. The highest BCUT2D eigenvalue weighted by Crippen LogP contribution is 2.29. The van der Waals surface area contributed by atoms with Crippen molar-refractivity contribution in [3.8, 4) is 5.75 Å². The van der Waals surface area contributed by atoms with Crippen molar-refractivity contribution in [2.24, 2.45) is 0 Å². The highest BCUT2D eigenvalue weighted by molar-refractivity contribution is 7.92. The second-order valence-electron chi connectivity index (χ2n) is 3.78. The summed E-state index contributed by atoms with van der Waals surface area (Å²) >= 11 is 5.44. The maximum absolute atomic E-state index is 11.7. The second-order valence-corrected chi connectivity index (χ2v) is 6.00. The Hall–Kier alpha value is -1.54. The van der Waals surface area contributed by atoms with Gasteiger partial charge in [0, 0.05) is 5.88 Å². The van der Waals surface area contributed by atoms with Gasteiger partial charge < -0.3 is 5.11 Å². The summed E-state index contributed by atoms with van der Waals surface area (Å²) in [5.41, 5.74) is -0.672. The Kier molecular flexibility index (Phi) is 5.37. The molecule has 0 aliphatic carbocycles.